The van der Waals surface area contributed by atoms with Crippen LogP contribution in [-0.2, 0) is 9.53 Å². The van der Waals surface area contributed by atoms with Gasteiger partial charge in [-0.1, -0.05) is 24.3 Å². The van der Waals surface area contributed by atoms with Crippen LogP contribution in [-0.4, -0.2) is 34.7 Å². The Labute approximate surface area is 117 Å². The zero-order chi connectivity index (χ0) is 14.7. The molecule has 2 unspecified atom stereocenters. The minimum atomic E-state index is -1.63. The third-order valence-corrected chi connectivity index (χ3v) is 3.31. The molecule has 1 saturated carbocycles. The van der Waals surface area contributed by atoms with Crippen molar-refractivity contribution in [3.63, 3.8) is 0 Å². The van der Waals surface area contributed by atoms with Gasteiger partial charge in [-0.2, -0.15) is 0 Å². The number of benzene rings is 1. The molecule has 0 saturated heterocycles. The summed E-state index contributed by atoms with van der Waals surface area (Å²) in [4.78, 5) is 23.2. The molecule has 0 spiro atoms. The van der Waals surface area contributed by atoms with Crippen LogP contribution in [0.1, 0.15) is 41.8 Å². The van der Waals surface area contributed by atoms with E-state index in [0.717, 1.165) is 12.8 Å². The SMILES string of the molecule is CCOC(=O)C(O)C(O)c1ccc(C(=O)C2CC2)cc1. The van der Waals surface area contributed by atoms with E-state index in [2.05, 4.69) is 4.74 Å². The van der Waals surface area contributed by atoms with E-state index in [9.17, 15) is 19.8 Å². The van der Waals surface area contributed by atoms with Crippen LogP contribution in [0.15, 0.2) is 24.3 Å². The molecule has 0 radical (unpaired) electrons. The number of esters is 1. The smallest absolute Gasteiger partial charge is 0.338 e. The van der Waals surface area contributed by atoms with Gasteiger partial charge in [0.1, 0.15) is 6.10 Å². The van der Waals surface area contributed by atoms with E-state index in [1.165, 1.54) is 0 Å². The lowest BCUT2D eigenvalue weighted by Crippen LogP contribution is -2.29. The molecule has 5 nitrogen and oxygen atoms in total. The summed E-state index contributed by atoms with van der Waals surface area (Å²) in [6.07, 6.45) is -1.12. The minimum absolute atomic E-state index is 0.108. The number of ether oxygens (including phenoxy) is 1. The second-order valence-corrected chi connectivity index (χ2v) is 4.90. The molecule has 20 heavy (non-hydrogen) atoms. The van der Waals surface area contributed by atoms with Gasteiger partial charge in [-0.3, -0.25) is 4.79 Å². The van der Waals surface area contributed by atoms with E-state index in [1.807, 2.05) is 0 Å². The van der Waals surface area contributed by atoms with Crippen molar-refractivity contribution >= 4 is 11.8 Å². The van der Waals surface area contributed by atoms with Crippen LogP contribution >= 0.6 is 0 Å². The second kappa shape index (κ2) is 6.15. The van der Waals surface area contributed by atoms with E-state index in [0.29, 0.717) is 11.1 Å². The minimum Gasteiger partial charge on any atom is -0.464 e. The van der Waals surface area contributed by atoms with Crippen LogP contribution in [0.4, 0.5) is 0 Å². The molecule has 2 atom stereocenters. The summed E-state index contributed by atoms with van der Waals surface area (Å²) in [6.45, 7) is 1.76. The monoisotopic (exact) mass is 278 g/mol. The maximum Gasteiger partial charge on any atom is 0.338 e. The average molecular weight is 278 g/mol. The van der Waals surface area contributed by atoms with Gasteiger partial charge in [0.05, 0.1) is 6.61 Å². The number of aliphatic hydroxyl groups excluding tert-OH is 2. The predicted molar refractivity (Wildman–Crippen MR) is 71.1 cm³/mol. The van der Waals surface area contributed by atoms with Gasteiger partial charge in [-0.05, 0) is 25.3 Å². The van der Waals surface area contributed by atoms with Gasteiger partial charge < -0.3 is 14.9 Å². The number of hydrogen-bond donors (Lipinski definition) is 2. The first-order chi connectivity index (χ1) is 9.54. The lowest BCUT2D eigenvalue weighted by molar-refractivity contribution is -0.159. The summed E-state index contributed by atoms with van der Waals surface area (Å²) in [5.41, 5.74) is 0.965. The number of carbonyl (C=O) groups is 2. The Morgan fingerprint density at radius 1 is 1.25 bits per heavy atom. The maximum absolute atomic E-state index is 11.8. The highest BCUT2D eigenvalue weighted by molar-refractivity contribution is 5.99. The molecular formula is C15H18O5. The Balaban J connectivity index is 2.04. The van der Waals surface area contributed by atoms with Crippen molar-refractivity contribution in [1.29, 1.82) is 0 Å². The Morgan fingerprint density at radius 2 is 1.85 bits per heavy atom. The molecule has 0 aliphatic heterocycles. The molecule has 1 aromatic carbocycles. The van der Waals surface area contributed by atoms with E-state index < -0.39 is 18.2 Å². The summed E-state index contributed by atoms with van der Waals surface area (Å²) in [5.74, 6) is -0.619. The van der Waals surface area contributed by atoms with Crippen molar-refractivity contribution in [2.24, 2.45) is 5.92 Å². The van der Waals surface area contributed by atoms with Crippen LogP contribution in [0.3, 0.4) is 0 Å². The second-order valence-electron chi connectivity index (χ2n) is 4.90. The third-order valence-electron chi connectivity index (χ3n) is 3.31. The van der Waals surface area contributed by atoms with Gasteiger partial charge in [0.25, 0.3) is 0 Å². The number of aliphatic hydroxyl groups is 2. The third kappa shape index (κ3) is 3.23. The van der Waals surface area contributed by atoms with Crippen molar-refractivity contribution < 1.29 is 24.5 Å². The quantitative estimate of drug-likeness (QED) is 0.604. The number of Topliss-reactive ketones (excluding diaryl/α,β-unsaturated/α-hetero) is 1. The molecule has 2 rings (SSSR count). The van der Waals surface area contributed by atoms with Crippen LogP contribution in [0.5, 0.6) is 0 Å². The van der Waals surface area contributed by atoms with Crippen LogP contribution in [0, 0.1) is 5.92 Å². The van der Waals surface area contributed by atoms with Crippen LogP contribution < -0.4 is 0 Å². The lowest BCUT2D eigenvalue weighted by atomic mass is 10.00. The van der Waals surface area contributed by atoms with Gasteiger partial charge >= 0.3 is 5.97 Å². The summed E-state index contributed by atoms with van der Waals surface area (Å²) in [6, 6.07) is 6.31. The largest absolute Gasteiger partial charge is 0.464 e. The van der Waals surface area contributed by atoms with Crippen molar-refractivity contribution in [2.45, 2.75) is 32.0 Å². The Hall–Kier alpha value is -1.72. The van der Waals surface area contributed by atoms with Gasteiger partial charge in [-0.25, -0.2) is 4.79 Å². The number of carbonyl (C=O) groups excluding carboxylic acids is 2. The van der Waals surface area contributed by atoms with E-state index >= 15 is 0 Å². The molecule has 2 N–H and O–H groups in total. The first kappa shape index (κ1) is 14.7. The molecule has 0 aromatic heterocycles. The van der Waals surface area contributed by atoms with E-state index in [1.54, 1.807) is 31.2 Å². The first-order valence-electron chi connectivity index (χ1n) is 6.71. The zero-order valence-corrected chi connectivity index (χ0v) is 11.3. The average Bonchev–Trinajstić information content (AvgIpc) is 3.30. The van der Waals surface area contributed by atoms with E-state index in [4.69, 9.17) is 0 Å². The normalized spacial score (nSPS) is 17.4. The topological polar surface area (TPSA) is 83.8 Å². The number of ketones is 1. The van der Waals surface area contributed by atoms with Crippen molar-refractivity contribution in [3.8, 4) is 0 Å². The first-order valence-corrected chi connectivity index (χ1v) is 6.71. The van der Waals surface area contributed by atoms with Crippen molar-refractivity contribution in [3.05, 3.63) is 35.4 Å². The summed E-state index contributed by atoms with van der Waals surface area (Å²) >= 11 is 0. The molecule has 0 heterocycles. The molecule has 0 amide bonds. The highest BCUT2D eigenvalue weighted by Gasteiger charge is 2.31. The summed E-state index contributed by atoms with van der Waals surface area (Å²) in [5, 5.41) is 19.6. The molecule has 1 fully saturated rings. The number of rotatable bonds is 6. The van der Waals surface area contributed by atoms with Crippen LogP contribution in [0.2, 0.25) is 0 Å². The van der Waals surface area contributed by atoms with Gasteiger partial charge in [0, 0.05) is 11.5 Å². The Kier molecular flexibility index (Phi) is 4.52. The fourth-order valence-electron chi connectivity index (χ4n) is 1.96. The molecule has 5 heteroatoms. The van der Waals surface area contributed by atoms with Crippen LogP contribution in [0.25, 0.3) is 0 Å². The summed E-state index contributed by atoms with van der Waals surface area (Å²) in [7, 11) is 0. The maximum atomic E-state index is 11.8. The molecular weight excluding hydrogens is 260 g/mol. The molecule has 1 aliphatic rings. The van der Waals surface area contributed by atoms with Gasteiger partial charge in [0.15, 0.2) is 11.9 Å². The van der Waals surface area contributed by atoms with E-state index in [-0.39, 0.29) is 18.3 Å². The van der Waals surface area contributed by atoms with Gasteiger partial charge in [0.2, 0.25) is 0 Å². The Morgan fingerprint density at radius 3 is 2.35 bits per heavy atom. The molecule has 108 valence electrons. The molecule has 1 aromatic rings. The highest BCUT2D eigenvalue weighted by Crippen LogP contribution is 2.32. The fraction of sp³-hybridized carbons (Fsp3) is 0.467. The molecule has 0 bridgehead atoms. The lowest BCUT2D eigenvalue weighted by Gasteiger charge is -2.16. The predicted octanol–water partition coefficient (Wildman–Crippen LogP) is 1.24. The van der Waals surface area contributed by atoms with Crippen molar-refractivity contribution in [2.75, 3.05) is 6.61 Å². The Bertz CT molecular complexity index is 489. The fourth-order valence-corrected chi connectivity index (χ4v) is 1.96. The molecule has 1 aliphatic carbocycles. The standard InChI is InChI=1S/C15H18O5/c1-2-20-15(19)14(18)13(17)11-7-5-10(6-8-11)12(16)9-3-4-9/h5-9,13-14,17-18H,2-4H2,1H3. The zero-order valence-electron chi connectivity index (χ0n) is 11.3. The highest BCUT2D eigenvalue weighted by atomic mass is 16.5. The van der Waals surface area contributed by atoms with Gasteiger partial charge in [-0.15, -0.1) is 0 Å². The number of hydrogen-bond acceptors (Lipinski definition) is 5. The summed E-state index contributed by atoms with van der Waals surface area (Å²) < 4.78 is 4.64. The van der Waals surface area contributed by atoms with Crippen molar-refractivity contribution in [1.82, 2.24) is 0 Å².